The van der Waals surface area contributed by atoms with Crippen molar-refractivity contribution in [1.29, 1.82) is 0 Å². The Balaban J connectivity index is 3.39. The van der Waals surface area contributed by atoms with Gasteiger partial charge in [-0.3, -0.25) is 0 Å². The number of quaternary nitrogens is 1. The summed E-state index contributed by atoms with van der Waals surface area (Å²) in [5.41, 5.74) is 0. The summed E-state index contributed by atoms with van der Waals surface area (Å²) in [5, 5.41) is 0. The zero-order valence-corrected chi connectivity index (χ0v) is 9.45. The lowest BCUT2D eigenvalue weighted by Gasteiger charge is -2.24. The highest BCUT2D eigenvalue weighted by Gasteiger charge is 2.07. The first-order valence-electron chi connectivity index (χ1n) is 3.05. The second-order valence-electron chi connectivity index (χ2n) is 3.28. The molecule has 0 N–H and O–H groups in total. The normalized spacial score (nSPS) is 12.9. The van der Waals surface area contributed by atoms with Crippen LogP contribution in [0.5, 0.6) is 0 Å². The predicted molar refractivity (Wildman–Crippen MR) is 49.5 cm³/mol. The average molecular weight is 209 g/mol. The van der Waals surface area contributed by atoms with E-state index in [2.05, 4.69) is 43.7 Å². The van der Waals surface area contributed by atoms with E-state index in [1.54, 1.807) is 0 Å². The van der Waals surface area contributed by atoms with E-state index in [4.69, 9.17) is 0 Å². The lowest BCUT2D eigenvalue weighted by Crippen LogP contribution is -2.38. The number of rotatable bonds is 3. The first-order valence-corrected chi connectivity index (χ1v) is 5.48. The van der Waals surface area contributed by atoms with Crippen molar-refractivity contribution in [3.8, 4) is 0 Å². The fourth-order valence-corrected chi connectivity index (χ4v) is 1.90. The van der Waals surface area contributed by atoms with Crippen molar-refractivity contribution in [2.24, 2.45) is 0 Å². The average Bonchev–Trinajstić information content (AvgIpc) is 1.59. The maximum atomic E-state index is 3.80. The maximum Gasteiger partial charge on any atom is 0.259 e. The SMILES string of the molecule is C=C(Br)C[SiH2][N+](C)(C)C. The van der Waals surface area contributed by atoms with Crippen LogP contribution in [-0.4, -0.2) is 35.0 Å². The van der Waals surface area contributed by atoms with Crippen LogP contribution in [0, 0.1) is 0 Å². The second kappa shape index (κ2) is 3.54. The zero-order chi connectivity index (χ0) is 7.49. The molecule has 0 saturated carbocycles. The van der Waals surface area contributed by atoms with Crippen LogP contribution in [0.1, 0.15) is 0 Å². The van der Waals surface area contributed by atoms with Gasteiger partial charge in [-0.2, -0.15) is 0 Å². The molecule has 0 bridgehead atoms. The van der Waals surface area contributed by atoms with Crippen LogP contribution in [0.4, 0.5) is 0 Å². The Morgan fingerprint density at radius 1 is 1.56 bits per heavy atom. The molecule has 0 aliphatic heterocycles. The molecular formula is C6H15BrNSi+. The molecule has 9 heavy (non-hydrogen) atoms. The first-order chi connectivity index (χ1) is 3.92. The van der Waals surface area contributed by atoms with Crippen LogP contribution in [0.25, 0.3) is 0 Å². The van der Waals surface area contributed by atoms with E-state index in [0.29, 0.717) is 0 Å². The van der Waals surface area contributed by atoms with Gasteiger partial charge < -0.3 is 4.15 Å². The Labute approximate surface area is 68.4 Å². The van der Waals surface area contributed by atoms with Crippen molar-refractivity contribution in [2.45, 2.75) is 6.04 Å². The Hall–Kier alpha value is 0.397. The third-order valence-electron chi connectivity index (χ3n) is 1.05. The number of nitrogens with zero attached hydrogens (tertiary/aromatic N) is 1. The zero-order valence-electron chi connectivity index (χ0n) is 6.45. The Kier molecular flexibility index (Phi) is 3.69. The highest BCUT2D eigenvalue weighted by atomic mass is 79.9. The van der Waals surface area contributed by atoms with Crippen LogP contribution in [0.15, 0.2) is 11.1 Å². The van der Waals surface area contributed by atoms with Crippen molar-refractivity contribution < 1.29 is 4.15 Å². The van der Waals surface area contributed by atoms with E-state index in [0.717, 1.165) is 8.63 Å². The molecule has 0 aliphatic carbocycles. The van der Waals surface area contributed by atoms with Crippen LogP contribution in [0.3, 0.4) is 0 Å². The van der Waals surface area contributed by atoms with Gasteiger partial charge in [0.05, 0.1) is 21.1 Å². The molecule has 0 aromatic carbocycles. The quantitative estimate of drug-likeness (QED) is 0.611. The molecule has 54 valence electrons. The van der Waals surface area contributed by atoms with Crippen molar-refractivity contribution in [2.75, 3.05) is 21.1 Å². The molecule has 0 radical (unpaired) electrons. The molecule has 0 rings (SSSR count). The molecule has 0 spiro atoms. The molecule has 0 fully saturated rings. The molecule has 3 heteroatoms. The highest BCUT2D eigenvalue weighted by Crippen LogP contribution is 2.07. The van der Waals surface area contributed by atoms with Crippen molar-refractivity contribution in [3.05, 3.63) is 11.1 Å². The fourth-order valence-electron chi connectivity index (χ4n) is 0.457. The summed E-state index contributed by atoms with van der Waals surface area (Å²) in [6.45, 7) is 3.80. The van der Waals surface area contributed by atoms with Crippen molar-refractivity contribution in [3.63, 3.8) is 0 Å². The summed E-state index contributed by atoms with van der Waals surface area (Å²) >= 11 is 3.36. The van der Waals surface area contributed by atoms with Crippen molar-refractivity contribution >= 4 is 25.6 Å². The monoisotopic (exact) mass is 208 g/mol. The van der Waals surface area contributed by atoms with E-state index in [-0.39, 0.29) is 9.68 Å². The Morgan fingerprint density at radius 2 is 2.00 bits per heavy atom. The van der Waals surface area contributed by atoms with Gasteiger partial charge in [0.25, 0.3) is 9.68 Å². The van der Waals surface area contributed by atoms with Crippen molar-refractivity contribution in [1.82, 2.24) is 0 Å². The summed E-state index contributed by atoms with van der Waals surface area (Å²) < 4.78 is 2.30. The summed E-state index contributed by atoms with van der Waals surface area (Å²) in [6, 6.07) is 1.20. The molecule has 0 aliphatic rings. The van der Waals surface area contributed by atoms with E-state index >= 15 is 0 Å². The number of hydrogen-bond acceptors (Lipinski definition) is 0. The smallest absolute Gasteiger partial charge is 0.259 e. The van der Waals surface area contributed by atoms with Crippen LogP contribution in [-0.2, 0) is 0 Å². The van der Waals surface area contributed by atoms with Gasteiger partial charge in [-0.25, -0.2) is 0 Å². The van der Waals surface area contributed by atoms with Gasteiger partial charge in [-0.15, -0.1) is 0 Å². The maximum absolute atomic E-state index is 3.80. The summed E-state index contributed by atoms with van der Waals surface area (Å²) in [5.74, 6) is 0. The molecule has 1 nitrogen and oxygen atoms in total. The summed E-state index contributed by atoms with van der Waals surface area (Å²) in [6.07, 6.45) is 0. The largest absolute Gasteiger partial charge is 0.395 e. The van der Waals surface area contributed by atoms with E-state index in [9.17, 15) is 0 Å². The predicted octanol–water partition coefficient (Wildman–Crippen LogP) is 1.10. The Morgan fingerprint density at radius 3 is 2.11 bits per heavy atom. The minimum Gasteiger partial charge on any atom is -0.395 e. The van der Waals surface area contributed by atoms with Gasteiger partial charge in [0.1, 0.15) is 0 Å². The lowest BCUT2D eigenvalue weighted by atomic mass is 10.8. The second-order valence-corrected chi connectivity index (χ2v) is 7.25. The standard InChI is InChI=1S/C6H15BrNSi/c1-6(7)5-9-8(2,3)4/h1,5,9H2,2-4H3/q+1. The minimum absolute atomic E-state index is 0.00675. The van der Waals surface area contributed by atoms with Gasteiger partial charge in [0.15, 0.2) is 0 Å². The molecule has 0 aromatic heterocycles. The molecule has 0 saturated heterocycles. The number of halogens is 1. The van der Waals surface area contributed by atoms with Gasteiger partial charge in [0.2, 0.25) is 0 Å². The van der Waals surface area contributed by atoms with Gasteiger partial charge in [0, 0.05) is 6.04 Å². The minimum atomic E-state index is -0.00675. The number of hydrogen-bond donors (Lipinski definition) is 0. The third kappa shape index (κ3) is 8.40. The lowest BCUT2D eigenvalue weighted by molar-refractivity contribution is -0.755. The van der Waals surface area contributed by atoms with E-state index in [1.807, 2.05) is 0 Å². The molecular weight excluding hydrogens is 194 g/mol. The molecule has 0 atom stereocenters. The summed E-state index contributed by atoms with van der Waals surface area (Å²) in [4.78, 5) is 0. The number of allylic oxidation sites excluding steroid dienone is 1. The highest BCUT2D eigenvalue weighted by molar-refractivity contribution is 9.11. The topological polar surface area (TPSA) is 0 Å². The molecule has 0 heterocycles. The Bertz CT molecular complexity index is 106. The van der Waals surface area contributed by atoms with Gasteiger partial charge in [-0.05, 0) is 4.48 Å². The molecule has 0 aromatic rings. The molecule has 0 unspecified atom stereocenters. The summed E-state index contributed by atoms with van der Waals surface area (Å²) in [7, 11) is 6.71. The van der Waals surface area contributed by atoms with Gasteiger partial charge in [-0.1, -0.05) is 22.5 Å². The van der Waals surface area contributed by atoms with Crippen LogP contribution in [0.2, 0.25) is 6.04 Å². The van der Waals surface area contributed by atoms with E-state index in [1.165, 1.54) is 6.04 Å². The fraction of sp³-hybridized carbons (Fsp3) is 0.667. The van der Waals surface area contributed by atoms with Gasteiger partial charge >= 0.3 is 0 Å². The van der Waals surface area contributed by atoms with Crippen LogP contribution < -0.4 is 0 Å². The van der Waals surface area contributed by atoms with Crippen LogP contribution >= 0.6 is 15.9 Å². The third-order valence-corrected chi connectivity index (χ3v) is 4.35. The molecule has 0 amide bonds. The van der Waals surface area contributed by atoms with E-state index < -0.39 is 0 Å². The first kappa shape index (κ1) is 9.40.